The van der Waals surface area contributed by atoms with Crippen molar-refractivity contribution < 1.29 is 22.4 Å². The largest absolute Gasteiger partial charge is 0.354 e. The average Bonchev–Trinajstić information content (AvgIpc) is 2.82. The molecule has 0 bridgehead atoms. The third-order valence-corrected chi connectivity index (χ3v) is 7.69. The second kappa shape index (κ2) is 13.0. The molecule has 36 heavy (non-hydrogen) atoms. The molecule has 0 aliphatic heterocycles. The maximum Gasteiger partial charge on any atom is 0.304 e. The summed E-state index contributed by atoms with van der Waals surface area (Å²) < 4.78 is 41.6. The summed E-state index contributed by atoms with van der Waals surface area (Å²) in [7, 11) is -1.44. The normalized spacial score (nSPS) is 12.5. The van der Waals surface area contributed by atoms with Gasteiger partial charge in [0.15, 0.2) is 0 Å². The number of hydrogen-bond acceptors (Lipinski definition) is 4. The van der Waals surface area contributed by atoms with Crippen molar-refractivity contribution >= 4 is 39.3 Å². The average molecular weight is 541 g/mol. The van der Waals surface area contributed by atoms with Crippen molar-refractivity contribution in [1.29, 1.82) is 0 Å². The van der Waals surface area contributed by atoms with Crippen LogP contribution in [0.5, 0.6) is 0 Å². The lowest BCUT2D eigenvalue weighted by Gasteiger charge is -2.34. The number of carbonyl (C=O) groups excluding carboxylic acids is 2. The first-order valence-electron chi connectivity index (χ1n) is 11.6. The standard InChI is InChI=1S/C25H34ClFN4O4S/c1-6-23(25(33)28-15-18(2)3)30(16-19-9-7-8-10-22(19)26)24(32)17-31(36(34,35)29(4)5)21-13-11-20(27)12-14-21/h7-14,18,23H,6,15-17H2,1-5H3,(H,28,33)/t23-/m0/s1. The second-order valence-electron chi connectivity index (χ2n) is 8.95. The molecule has 0 aromatic heterocycles. The summed E-state index contributed by atoms with van der Waals surface area (Å²) in [5, 5.41) is 3.28. The van der Waals surface area contributed by atoms with Gasteiger partial charge in [-0.15, -0.1) is 0 Å². The molecule has 11 heteroatoms. The van der Waals surface area contributed by atoms with Gasteiger partial charge in [-0.05, 0) is 48.2 Å². The van der Waals surface area contributed by atoms with E-state index in [0.717, 1.165) is 20.7 Å². The van der Waals surface area contributed by atoms with Crippen LogP contribution in [0.1, 0.15) is 32.8 Å². The van der Waals surface area contributed by atoms with Crippen LogP contribution in [0.15, 0.2) is 48.5 Å². The molecule has 198 valence electrons. The van der Waals surface area contributed by atoms with E-state index in [9.17, 15) is 22.4 Å². The first kappa shape index (κ1) is 29.5. The third kappa shape index (κ3) is 7.65. The van der Waals surface area contributed by atoms with Crippen molar-refractivity contribution in [2.24, 2.45) is 5.92 Å². The van der Waals surface area contributed by atoms with E-state index < -0.39 is 34.5 Å². The van der Waals surface area contributed by atoms with Gasteiger partial charge in [0.25, 0.3) is 0 Å². The van der Waals surface area contributed by atoms with Gasteiger partial charge in [0, 0.05) is 32.2 Å². The number of anilines is 1. The van der Waals surface area contributed by atoms with E-state index >= 15 is 0 Å². The lowest BCUT2D eigenvalue weighted by Crippen LogP contribution is -2.53. The smallest absolute Gasteiger partial charge is 0.304 e. The summed E-state index contributed by atoms with van der Waals surface area (Å²) >= 11 is 6.35. The molecule has 1 atom stereocenters. The van der Waals surface area contributed by atoms with Gasteiger partial charge in [-0.1, -0.05) is 50.6 Å². The van der Waals surface area contributed by atoms with E-state index in [0.29, 0.717) is 23.6 Å². The summed E-state index contributed by atoms with van der Waals surface area (Å²) in [5.41, 5.74) is 0.736. The van der Waals surface area contributed by atoms with Crippen LogP contribution >= 0.6 is 11.6 Å². The number of amides is 2. The topological polar surface area (TPSA) is 90.0 Å². The Morgan fingerprint density at radius 1 is 1.06 bits per heavy atom. The SMILES string of the molecule is CC[C@@H](C(=O)NCC(C)C)N(Cc1ccccc1Cl)C(=O)CN(c1ccc(F)cc1)S(=O)(=O)N(C)C. The summed E-state index contributed by atoms with van der Waals surface area (Å²) in [6.07, 6.45) is 0.303. The van der Waals surface area contributed by atoms with Gasteiger partial charge < -0.3 is 10.2 Å². The van der Waals surface area contributed by atoms with Crippen LogP contribution in [0.2, 0.25) is 5.02 Å². The molecule has 0 spiro atoms. The van der Waals surface area contributed by atoms with Gasteiger partial charge in [0.05, 0.1) is 5.69 Å². The summed E-state index contributed by atoms with van der Waals surface area (Å²) in [6.45, 7) is 5.54. The van der Waals surface area contributed by atoms with Crippen molar-refractivity contribution in [2.75, 3.05) is 31.5 Å². The van der Waals surface area contributed by atoms with E-state index in [1.165, 1.54) is 31.1 Å². The maximum atomic E-state index is 13.7. The predicted molar refractivity (Wildman–Crippen MR) is 140 cm³/mol. The molecule has 0 aliphatic rings. The Bertz CT molecular complexity index is 1140. The van der Waals surface area contributed by atoms with E-state index in [4.69, 9.17) is 11.6 Å². The minimum atomic E-state index is -4.12. The highest BCUT2D eigenvalue weighted by Crippen LogP contribution is 2.23. The van der Waals surface area contributed by atoms with E-state index in [1.54, 1.807) is 31.2 Å². The van der Waals surface area contributed by atoms with Crippen LogP contribution in [-0.2, 0) is 26.3 Å². The highest BCUT2D eigenvalue weighted by atomic mass is 35.5. The van der Waals surface area contributed by atoms with Crippen LogP contribution < -0.4 is 9.62 Å². The molecule has 0 saturated heterocycles. The van der Waals surface area contributed by atoms with Gasteiger partial charge in [0.1, 0.15) is 18.4 Å². The molecule has 1 N–H and O–H groups in total. The molecule has 2 aromatic carbocycles. The Hall–Kier alpha value is -2.69. The summed E-state index contributed by atoms with van der Waals surface area (Å²) in [6, 6.07) is 10.9. The first-order valence-corrected chi connectivity index (χ1v) is 13.4. The Labute approximate surface area is 218 Å². The fourth-order valence-electron chi connectivity index (χ4n) is 3.48. The number of rotatable bonds is 12. The second-order valence-corrected chi connectivity index (χ2v) is 11.4. The lowest BCUT2D eigenvalue weighted by molar-refractivity contribution is -0.140. The van der Waals surface area contributed by atoms with Gasteiger partial charge >= 0.3 is 10.2 Å². The van der Waals surface area contributed by atoms with Crippen LogP contribution in [0.3, 0.4) is 0 Å². The molecule has 0 radical (unpaired) electrons. The Morgan fingerprint density at radius 2 is 1.67 bits per heavy atom. The van der Waals surface area contributed by atoms with Crippen LogP contribution in [-0.4, -0.2) is 62.7 Å². The monoisotopic (exact) mass is 540 g/mol. The van der Waals surface area contributed by atoms with Crippen molar-refractivity contribution in [2.45, 2.75) is 39.8 Å². The summed E-state index contributed by atoms with van der Waals surface area (Å²) in [5.74, 6) is -1.27. The van der Waals surface area contributed by atoms with Crippen molar-refractivity contribution in [3.63, 3.8) is 0 Å². The zero-order valence-corrected chi connectivity index (χ0v) is 22.8. The van der Waals surface area contributed by atoms with E-state index in [-0.39, 0.29) is 24.1 Å². The van der Waals surface area contributed by atoms with Crippen LogP contribution in [0.25, 0.3) is 0 Å². The van der Waals surface area contributed by atoms with Crippen LogP contribution in [0.4, 0.5) is 10.1 Å². The van der Waals surface area contributed by atoms with Gasteiger partial charge in [-0.3, -0.25) is 9.59 Å². The number of carbonyl (C=O) groups is 2. The number of nitrogens with one attached hydrogen (secondary N) is 1. The van der Waals surface area contributed by atoms with Crippen molar-refractivity contribution in [3.8, 4) is 0 Å². The minimum absolute atomic E-state index is 0.00534. The summed E-state index contributed by atoms with van der Waals surface area (Å²) in [4.78, 5) is 28.2. The molecular weight excluding hydrogens is 507 g/mol. The highest BCUT2D eigenvalue weighted by Gasteiger charge is 2.34. The molecule has 0 heterocycles. The Kier molecular flexibility index (Phi) is 10.7. The molecule has 0 unspecified atom stereocenters. The molecule has 8 nitrogen and oxygen atoms in total. The fraction of sp³-hybridized carbons (Fsp3) is 0.440. The maximum absolute atomic E-state index is 13.7. The van der Waals surface area contributed by atoms with E-state index in [2.05, 4.69) is 5.32 Å². The number of halogens is 2. The number of benzene rings is 2. The van der Waals surface area contributed by atoms with Gasteiger partial charge in [0.2, 0.25) is 11.8 Å². The zero-order valence-electron chi connectivity index (χ0n) is 21.2. The molecule has 0 aliphatic carbocycles. The van der Waals surface area contributed by atoms with Crippen molar-refractivity contribution in [1.82, 2.24) is 14.5 Å². The zero-order chi connectivity index (χ0) is 27.0. The van der Waals surface area contributed by atoms with Gasteiger partial charge in [-0.2, -0.15) is 12.7 Å². The Balaban J connectivity index is 2.49. The molecule has 0 saturated carbocycles. The number of hydrogen-bond donors (Lipinski definition) is 1. The van der Waals surface area contributed by atoms with Crippen LogP contribution in [0, 0.1) is 11.7 Å². The first-order chi connectivity index (χ1) is 16.9. The molecule has 0 fully saturated rings. The molecule has 2 aromatic rings. The fourth-order valence-corrected chi connectivity index (χ4v) is 4.73. The molecule has 2 rings (SSSR count). The van der Waals surface area contributed by atoms with Gasteiger partial charge in [-0.25, -0.2) is 8.70 Å². The van der Waals surface area contributed by atoms with Crippen molar-refractivity contribution in [3.05, 3.63) is 64.9 Å². The minimum Gasteiger partial charge on any atom is -0.354 e. The lowest BCUT2D eigenvalue weighted by atomic mass is 10.1. The highest BCUT2D eigenvalue weighted by molar-refractivity contribution is 7.90. The molecule has 2 amide bonds. The third-order valence-electron chi connectivity index (χ3n) is 5.50. The predicted octanol–water partition coefficient (Wildman–Crippen LogP) is 3.67. The Morgan fingerprint density at radius 3 is 2.19 bits per heavy atom. The van der Waals surface area contributed by atoms with E-state index in [1.807, 2.05) is 13.8 Å². The molecular formula is C25H34ClFN4O4S. The number of nitrogens with zero attached hydrogens (tertiary/aromatic N) is 3. The quantitative estimate of drug-likeness (QED) is 0.445.